The molecule has 1 heterocycles. The lowest BCUT2D eigenvalue weighted by atomic mass is 10.3. The maximum Gasteiger partial charge on any atom is 0.238 e. The average Bonchev–Trinajstić information content (AvgIpc) is 2.35. The van der Waals surface area contributed by atoms with E-state index in [1.165, 1.54) is 7.11 Å². The summed E-state index contributed by atoms with van der Waals surface area (Å²) in [5.41, 5.74) is 7.14. The molecule has 6 heteroatoms. The third-order valence-electron chi connectivity index (χ3n) is 2.28. The number of ether oxygens (including phenoxy) is 1. The minimum Gasteiger partial charge on any atom is -0.479 e. The number of nitrogen functional groups attached to an aromatic ring is 1. The minimum absolute atomic E-state index is 0.410. The Labute approximate surface area is 122 Å². The van der Waals surface area contributed by atoms with Gasteiger partial charge in [0.15, 0.2) is 0 Å². The van der Waals surface area contributed by atoms with Gasteiger partial charge >= 0.3 is 0 Å². The van der Waals surface area contributed by atoms with Crippen LogP contribution in [0, 0.1) is 0 Å². The minimum atomic E-state index is 0.410. The summed E-state index contributed by atoms with van der Waals surface area (Å²) in [5, 5.41) is 3.19. The van der Waals surface area contributed by atoms with Gasteiger partial charge in [-0.3, -0.25) is 0 Å². The van der Waals surface area contributed by atoms with E-state index < -0.39 is 0 Å². The fraction of sp³-hybridized carbons (Fsp3) is 0.0833. The van der Waals surface area contributed by atoms with Crippen LogP contribution in [0.1, 0.15) is 0 Å². The van der Waals surface area contributed by atoms with Crippen molar-refractivity contribution in [1.82, 2.24) is 4.98 Å². The van der Waals surface area contributed by atoms with Crippen molar-refractivity contribution in [2.75, 3.05) is 18.2 Å². The van der Waals surface area contributed by atoms with Crippen LogP contribution in [-0.2, 0) is 0 Å². The Bertz CT molecular complexity index is 575. The fourth-order valence-corrected chi connectivity index (χ4v) is 2.56. The van der Waals surface area contributed by atoms with E-state index in [1.807, 2.05) is 18.2 Å². The summed E-state index contributed by atoms with van der Waals surface area (Å²) in [6, 6.07) is 9.39. The van der Waals surface area contributed by atoms with Crippen LogP contribution in [-0.4, -0.2) is 12.1 Å². The molecule has 0 saturated heterocycles. The van der Waals surface area contributed by atoms with Gasteiger partial charge in [0.25, 0.3) is 0 Å². The van der Waals surface area contributed by atoms with Crippen LogP contribution in [0.25, 0.3) is 0 Å². The molecule has 1 aromatic carbocycles. The molecule has 0 aliphatic rings. The Morgan fingerprint density at radius 1 is 1.22 bits per heavy atom. The van der Waals surface area contributed by atoms with E-state index in [2.05, 4.69) is 42.2 Å². The van der Waals surface area contributed by atoms with Crippen LogP contribution in [0.3, 0.4) is 0 Å². The van der Waals surface area contributed by atoms with Gasteiger partial charge in [-0.05, 0) is 46.3 Å². The molecule has 0 saturated carbocycles. The average molecular weight is 373 g/mol. The number of pyridine rings is 1. The molecule has 0 fully saturated rings. The zero-order valence-corrected chi connectivity index (χ0v) is 12.7. The molecule has 18 heavy (non-hydrogen) atoms. The van der Waals surface area contributed by atoms with Crippen molar-refractivity contribution >= 4 is 49.1 Å². The molecule has 0 aliphatic heterocycles. The normalized spacial score (nSPS) is 10.2. The van der Waals surface area contributed by atoms with E-state index >= 15 is 0 Å². The summed E-state index contributed by atoms with van der Waals surface area (Å²) in [6.45, 7) is 0. The van der Waals surface area contributed by atoms with E-state index in [0.717, 1.165) is 14.6 Å². The Hall–Kier alpha value is -1.27. The maximum atomic E-state index is 5.71. The number of nitrogens with two attached hydrogens (primary N) is 1. The topological polar surface area (TPSA) is 60.2 Å². The summed E-state index contributed by atoms with van der Waals surface area (Å²) in [7, 11) is 1.54. The zero-order chi connectivity index (χ0) is 13.1. The van der Waals surface area contributed by atoms with Crippen LogP contribution in [0.2, 0.25) is 0 Å². The van der Waals surface area contributed by atoms with Crippen molar-refractivity contribution < 1.29 is 4.74 Å². The summed E-state index contributed by atoms with van der Waals surface area (Å²) in [6.07, 6.45) is 0. The second kappa shape index (κ2) is 5.58. The second-order valence-corrected chi connectivity index (χ2v) is 5.31. The molecule has 0 radical (unpaired) electrons. The van der Waals surface area contributed by atoms with Gasteiger partial charge in [-0.1, -0.05) is 15.9 Å². The first-order valence-corrected chi connectivity index (χ1v) is 6.71. The van der Waals surface area contributed by atoms with Gasteiger partial charge in [-0.25, -0.2) is 0 Å². The Kier molecular flexibility index (Phi) is 4.08. The lowest BCUT2D eigenvalue weighted by Gasteiger charge is -2.10. The Balaban J connectivity index is 2.28. The van der Waals surface area contributed by atoms with E-state index in [4.69, 9.17) is 10.5 Å². The van der Waals surface area contributed by atoms with Crippen molar-refractivity contribution in [3.8, 4) is 5.88 Å². The molecule has 0 bridgehead atoms. The predicted octanol–water partition coefficient (Wildman–Crippen LogP) is 3.94. The number of nitrogens with zero attached hydrogens (tertiary/aromatic N) is 1. The van der Waals surface area contributed by atoms with Gasteiger partial charge in [0, 0.05) is 8.95 Å². The van der Waals surface area contributed by atoms with E-state index in [-0.39, 0.29) is 0 Å². The molecular formula is C12H11Br2N3O. The molecule has 2 rings (SSSR count). The van der Waals surface area contributed by atoms with Gasteiger partial charge in [0.1, 0.15) is 5.82 Å². The van der Waals surface area contributed by atoms with Gasteiger partial charge in [-0.15, -0.1) is 0 Å². The van der Waals surface area contributed by atoms with Crippen molar-refractivity contribution in [2.45, 2.75) is 0 Å². The Morgan fingerprint density at radius 2 is 2.00 bits per heavy atom. The molecule has 3 N–H and O–H groups in total. The van der Waals surface area contributed by atoms with E-state index in [0.29, 0.717) is 17.4 Å². The number of halogens is 2. The predicted molar refractivity (Wildman–Crippen MR) is 80.3 cm³/mol. The number of rotatable bonds is 3. The Morgan fingerprint density at radius 3 is 2.67 bits per heavy atom. The number of hydrogen-bond donors (Lipinski definition) is 2. The molecule has 1 aromatic heterocycles. The molecular weight excluding hydrogens is 362 g/mol. The SMILES string of the molecule is COc1nc(Nc2ccc(Br)cc2Br)ccc1N. The number of aromatic nitrogens is 1. The van der Waals surface area contributed by atoms with Crippen molar-refractivity contribution in [2.24, 2.45) is 0 Å². The highest BCUT2D eigenvalue weighted by Crippen LogP contribution is 2.29. The van der Waals surface area contributed by atoms with E-state index in [9.17, 15) is 0 Å². The molecule has 0 spiro atoms. The van der Waals surface area contributed by atoms with Crippen LogP contribution < -0.4 is 15.8 Å². The molecule has 0 aliphatic carbocycles. The van der Waals surface area contributed by atoms with Crippen molar-refractivity contribution in [3.05, 3.63) is 39.3 Å². The standard InChI is InChI=1S/C12H11Br2N3O/c1-18-12-9(15)3-5-11(17-12)16-10-4-2-7(13)6-8(10)14/h2-6H,15H2,1H3,(H,16,17). The van der Waals surface area contributed by atoms with Crippen LogP contribution in [0.5, 0.6) is 5.88 Å². The summed E-state index contributed by atoms with van der Waals surface area (Å²) in [5.74, 6) is 1.08. The van der Waals surface area contributed by atoms with Crippen LogP contribution >= 0.6 is 31.9 Å². The zero-order valence-electron chi connectivity index (χ0n) is 9.58. The van der Waals surface area contributed by atoms with Gasteiger partial charge in [-0.2, -0.15) is 4.98 Å². The molecule has 4 nitrogen and oxygen atoms in total. The lowest BCUT2D eigenvalue weighted by molar-refractivity contribution is 0.401. The largest absolute Gasteiger partial charge is 0.479 e. The van der Waals surface area contributed by atoms with E-state index in [1.54, 1.807) is 12.1 Å². The smallest absolute Gasteiger partial charge is 0.238 e. The summed E-state index contributed by atoms with van der Waals surface area (Å²) < 4.78 is 7.02. The van der Waals surface area contributed by atoms with Crippen molar-refractivity contribution in [3.63, 3.8) is 0 Å². The maximum absolute atomic E-state index is 5.71. The quantitative estimate of drug-likeness (QED) is 0.856. The van der Waals surface area contributed by atoms with Gasteiger partial charge < -0.3 is 15.8 Å². The molecule has 94 valence electrons. The molecule has 0 amide bonds. The van der Waals surface area contributed by atoms with Crippen molar-refractivity contribution in [1.29, 1.82) is 0 Å². The first-order chi connectivity index (χ1) is 8.60. The lowest BCUT2D eigenvalue weighted by Crippen LogP contribution is -1.99. The fourth-order valence-electron chi connectivity index (χ4n) is 1.41. The number of anilines is 3. The molecule has 0 atom stereocenters. The van der Waals surface area contributed by atoms with Gasteiger partial charge in [0.2, 0.25) is 5.88 Å². The monoisotopic (exact) mass is 371 g/mol. The van der Waals surface area contributed by atoms with Crippen LogP contribution in [0.4, 0.5) is 17.2 Å². The first kappa shape index (κ1) is 13.2. The highest BCUT2D eigenvalue weighted by atomic mass is 79.9. The van der Waals surface area contributed by atoms with Crippen LogP contribution in [0.15, 0.2) is 39.3 Å². The third-order valence-corrected chi connectivity index (χ3v) is 3.43. The highest BCUT2D eigenvalue weighted by molar-refractivity contribution is 9.11. The molecule has 0 unspecified atom stereocenters. The number of hydrogen-bond acceptors (Lipinski definition) is 4. The third kappa shape index (κ3) is 2.94. The highest BCUT2D eigenvalue weighted by Gasteiger charge is 2.05. The summed E-state index contributed by atoms with van der Waals surface area (Å²) in [4.78, 5) is 4.26. The number of nitrogens with one attached hydrogen (secondary N) is 1. The number of benzene rings is 1. The second-order valence-electron chi connectivity index (χ2n) is 3.54. The van der Waals surface area contributed by atoms with Gasteiger partial charge in [0.05, 0.1) is 18.5 Å². The first-order valence-electron chi connectivity index (χ1n) is 5.12. The molecule has 2 aromatic rings. The summed E-state index contributed by atoms with van der Waals surface area (Å²) >= 11 is 6.88. The number of methoxy groups -OCH3 is 1.